The fraction of sp³-hybridized carbons (Fsp3) is 0.286. The van der Waals surface area contributed by atoms with Crippen LogP contribution in [0.1, 0.15) is 13.0 Å². The molecule has 1 N–H and O–H groups in total. The SMILES string of the molecule is COc1ccc(OC)c(NC(=O)C(C)n2cc([N+](=O)[O-])cn2)c1. The minimum atomic E-state index is -0.736. The average Bonchev–Trinajstić information content (AvgIpc) is 3.04. The van der Waals surface area contributed by atoms with Gasteiger partial charge in [0.25, 0.3) is 0 Å². The Labute approximate surface area is 132 Å². The summed E-state index contributed by atoms with van der Waals surface area (Å²) >= 11 is 0. The average molecular weight is 320 g/mol. The van der Waals surface area contributed by atoms with Gasteiger partial charge in [-0.15, -0.1) is 0 Å². The molecular formula is C14H16N4O5. The van der Waals surface area contributed by atoms with Gasteiger partial charge in [-0.2, -0.15) is 5.10 Å². The summed E-state index contributed by atoms with van der Waals surface area (Å²) in [5, 5.41) is 17.2. The Hall–Kier alpha value is -3.10. The molecule has 1 amide bonds. The first-order valence-corrected chi connectivity index (χ1v) is 6.67. The number of aromatic nitrogens is 2. The van der Waals surface area contributed by atoms with E-state index in [0.29, 0.717) is 17.2 Å². The first kappa shape index (κ1) is 16.3. The molecule has 122 valence electrons. The van der Waals surface area contributed by atoms with E-state index in [1.165, 1.54) is 25.1 Å². The largest absolute Gasteiger partial charge is 0.497 e. The molecule has 2 rings (SSSR count). The van der Waals surface area contributed by atoms with Gasteiger partial charge in [-0.25, -0.2) is 0 Å². The van der Waals surface area contributed by atoms with Crippen LogP contribution in [0.5, 0.6) is 11.5 Å². The van der Waals surface area contributed by atoms with Gasteiger partial charge in [0.2, 0.25) is 5.91 Å². The van der Waals surface area contributed by atoms with Crippen LogP contribution in [-0.4, -0.2) is 34.8 Å². The Kier molecular flexibility index (Phi) is 4.79. The first-order chi connectivity index (χ1) is 11.0. The summed E-state index contributed by atoms with van der Waals surface area (Å²) in [7, 11) is 3.00. The maximum Gasteiger partial charge on any atom is 0.307 e. The van der Waals surface area contributed by atoms with Gasteiger partial charge in [0.15, 0.2) is 0 Å². The van der Waals surface area contributed by atoms with Gasteiger partial charge < -0.3 is 14.8 Å². The van der Waals surface area contributed by atoms with E-state index in [-0.39, 0.29) is 5.69 Å². The molecule has 1 unspecified atom stereocenters. The van der Waals surface area contributed by atoms with Crippen molar-refractivity contribution in [2.75, 3.05) is 19.5 Å². The van der Waals surface area contributed by atoms with Crippen LogP contribution < -0.4 is 14.8 Å². The molecule has 9 heteroatoms. The zero-order valence-electron chi connectivity index (χ0n) is 12.8. The zero-order chi connectivity index (χ0) is 17.0. The van der Waals surface area contributed by atoms with Gasteiger partial charge in [-0.3, -0.25) is 19.6 Å². The highest BCUT2D eigenvalue weighted by Crippen LogP contribution is 2.29. The van der Waals surface area contributed by atoms with Crippen LogP contribution in [-0.2, 0) is 4.79 Å². The number of nitro groups is 1. The van der Waals surface area contributed by atoms with Crippen LogP contribution in [0.3, 0.4) is 0 Å². The lowest BCUT2D eigenvalue weighted by atomic mass is 10.2. The number of rotatable bonds is 6. The summed E-state index contributed by atoms with van der Waals surface area (Å²) in [5.41, 5.74) is 0.258. The van der Waals surface area contributed by atoms with E-state index in [0.717, 1.165) is 6.20 Å². The Morgan fingerprint density at radius 2 is 2.13 bits per heavy atom. The number of methoxy groups -OCH3 is 2. The zero-order valence-corrected chi connectivity index (χ0v) is 12.8. The van der Waals surface area contributed by atoms with Gasteiger partial charge in [-0.1, -0.05) is 0 Å². The number of benzene rings is 1. The highest BCUT2D eigenvalue weighted by molar-refractivity contribution is 5.95. The van der Waals surface area contributed by atoms with Gasteiger partial charge in [0.1, 0.15) is 29.9 Å². The van der Waals surface area contributed by atoms with E-state index in [2.05, 4.69) is 10.4 Å². The Bertz CT molecular complexity index is 728. The monoisotopic (exact) mass is 320 g/mol. The van der Waals surface area contributed by atoms with Gasteiger partial charge in [-0.05, 0) is 19.1 Å². The number of hydrogen-bond donors (Lipinski definition) is 1. The highest BCUT2D eigenvalue weighted by atomic mass is 16.6. The van der Waals surface area contributed by atoms with Gasteiger partial charge in [0, 0.05) is 6.07 Å². The summed E-state index contributed by atoms with van der Waals surface area (Å²) in [6.45, 7) is 1.58. The lowest BCUT2D eigenvalue weighted by Crippen LogP contribution is -2.24. The van der Waals surface area contributed by atoms with Crippen molar-refractivity contribution >= 4 is 17.3 Å². The van der Waals surface area contributed by atoms with Crippen LogP contribution in [0.4, 0.5) is 11.4 Å². The van der Waals surface area contributed by atoms with Crippen molar-refractivity contribution in [3.05, 3.63) is 40.7 Å². The van der Waals surface area contributed by atoms with Crippen LogP contribution in [0.25, 0.3) is 0 Å². The first-order valence-electron chi connectivity index (χ1n) is 6.67. The van der Waals surface area contributed by atoms with E-state index in [1.54, 1.807) is 25.1 Å². The second-order valence-electron chi connectivity index (χ2n) is 4.67. The molecule has 23 heavy (non-hydrogen) atoms. The molecule has 1 aromatic heterocycles. The topological polar surface area (TPSA) is 109 Å². The van der Waals surface area contributed by atoms with E-state index in [1.807, 2.05) is 0 Å². The summed E-state index contributed by atoms with van der Waals surface area (Å²) in [6, 6.07) is 4.25. The number of hydrogen-bond acceptors (Lipinski definition) is 6. The third-order valence-electron chi connectivity index (χ3n) is 3.24. The maximum absolute atomic E-state index is 12.3. The second-order valence-corrected chi connectivity index (χ2v) is 4.67. The molecule has 2 aromatic rings. The molecule has 0 bridgehead atoms. The van der Waals surface area contributed by atoms with E-state index >= 15 is 0 Å². The summed E-state index contributed by atoms with van der Waals surface area (Å²) in [6.07, 6.45) is 2.29. The molecule has 0 saturated carbocycles. The summed E-state index contributed by atoms with van der Waals surface area (Å²) in [4.78, 5) is 22.4. The summed E-state index contributed by atoms with van der Waals surface area (Å²) in [5.74, 6) is 0.635. The highest BCUT2D eigenvalue weighted by Gasteiger charge is 2.20. The standard InChI is InChI=1S/C14H16N4O5/c1-9(17-8-10(7-15-17)18(20)21)14(19)16-12-6-11(22-2)4-5-13(12)23-3/h4-9H,1-3H3,(H,16,19). The van der Waals surface area contributed by atoms with Gasteiger partial charge >= 0.3 is 5.69 Å². The molecule has 1 atom stereocenters. The minimum Gasteiger partial charge on any atom is -0.497 e. The molecule has 0 saturated heterocycles. The number of anilines is 1. The third-order valence-corrected chi connectivity index (χ3v) is 3.24. The number of nitrogens with zero attached hydrogens (tertiary/aromatic N) is 3. The minimum absolute atomic E-state index is 0.177. The normalized spacial score (nSPS) is 11.6. The predicted molar refractivity (Wildman–Crippen MR) is 81.8 cm³/mol. The quantitative estimate of drug-likeness (QED) is 0.644. The van der Waals surface area contributed by atoms with Crippen molar-refractivity contribution in [2.45, 2.75) is 13.0 Å². The Balaban J connectivity index is 2.18. The number of nitrogens with one attached hydrogen (secondary N) is 1. The van der Waals surface area contributed by atoms with Crippen molar-refractivity contribution in [3.63, 3.8) is 0 Å². The molecule has 0 aliphatic rings. The molecule has 0 radical (unpaired) electrons. The van der Waals surface area contributed by atoms with Crippen LogP contribution >= 0.6 is 0 Å². The molecule has 0 spiro atoms. The van der Waals surface area contributed by atoms with E-state index in [9.17, 15) is 14.9 Å². The van der Waals surface area contributed by atoms with Crippen LogP contribution in [0.2, 0.25) is 0 Å². The van der Waals surface area contributed by atoms with E-state index in [4.69, 9.17) is 9.47 Å². The van der Waals surface area contributed by atoms with Crippen LogP contribution in [0.15, 0.2) is 30.6 Å². The third kappa shape index (κ3) is 3.57. The molecule has 0 aliphatic carbocycles. The van der Waals surface area contributed by atoms with E-state index < -0.39 is 16.9 Å². The molecule has 9 nitrogen and oxygen atoms in total. The van der Waals surface area contributed by atoms with Crippen LogP contribution in [0, 0.1) is 10.1 Å². The fourth-order valence-electron chi connectivity index (χ4n) is 1.90. The maximum atomic E-state index is 12.3. The molecule has 0 fully saturated rings. The van der Waals surface area contributed by atoms with Gasteiger partial charge in [0.05, 0.1) is 24.8 Å². The smallest absolute Gasteiger partial charge is 0.307 e. The molecular weight excluding hydrogens is 304 g/mol. The molecule has 1 aromatic carbocycles. The molecule has 0 aliphatic heterocycles. The van der Waals surface area contributed by atoms with Crippen molar-refractivity contribution < 1.29 is 19.2 Å². The number of amides is 1. The lowest BCUT2D eigenvalue weighted by Gasteiger charge is -2.15. The van der Waals surface area contributed by atoms with Crippen molar-refractivity contribution in [3.8, 4) is 11.5 Å². The summed E-state index contributed by atoms with van der Waals surface area (Å²) < 4.78 is 11.5. The Morgan fingerprint density at radius 1 is 1.39 bits per heavy atom. The van der Waals surface area contributed by atoms with Crippen molar-refractivity contribution in [1.29, 1.82) is 0 Å². The van der Waals surface area contributed by atoms with Crippen molar-refractivity contribution in [2.24, 2.45) is 0 Å². The predicted octanol–water partition coefficient (Wildman–Crippen LogP) is 2.01. The Morgan fingerprint density at radius 3 is 2.70 bits per heavy atom. The number of carbonyl (C=O) groups excluding carboxylic acids is 1. The van der Waals surface area contributed by atoms with Crippen molar-refractivity contribution in [1.82, 2.24) is 9.78 Å². The number of carbonyl (C=O) groups is 1. The lowest BCUT2D eigenvalue weighted by molar-refractivity contribution is -0.385. The molecule has 1 heterocycles. The number of ether oxygens (including phenoxy) is 2. The fourth-order valence-corrected chi connectivity index (χ4v) is 1.90. The second kappa shape index (κ2) is 6.77.